The summed E-state index contributed by atoms with van der Waals surface area (Å²) in [6.45, 7) is 13.6. The number of fused-ring (bicyclic) bond motifs is 5. The van der Waals surface area contributed by atoms with Gasteiger partial charge in [-0.2, -0.15) is 0 Å². The van der Waals surface area contributed by atoms with Crippen LogP contribution in [-0.4, -0.2) is 36.6 Å². The monoisotopic (exact) mass is 464 g/mol. The van der Waals surface area contributed by atoms with Crippen LogP contribution < -0.4 is 0 Å². The second-order valence-corrected chi connectivity index (χ2v) is 12.1. The Morgan fingerprint density at radius 3 is 1.97 bits per heavy atom. The lowest BCUT2D eigenvalue weighted by Crippen LogP contribution is -2.63. The summed E-state index contributed by atoms with van der Waals surface area (Å²) in [5, 5.41) is 0. The zero-order valence-corrected chi connectivity index (χ0v) is 21.1. The first-order chi connectivity index (χ1) is 15.3. The highest BCUT2D eigenvalue weighted by Crippen LogP contribution is 2.71. The number of esters is 3. The number of carbonyl (C=O) groups is 3. The third-order valence-corrected chi connectivity index (χ3v) is 9.67. The van der Waals surface area contributed by atoms with E-state index in [1.54, 1.807) is 0 Å². The van der Waals surface area contributed by atoms with Crippen molar-refractivity contribution in [1.29, 1.82) is 0 Å². The van der Waals surface area contributed by atoms with Gasteiger partial charge in [0.1, 0.15) is 6.10 Å². The standard InChI is InChI=1S/C26H40O7/c1-14(27)30-17-13-19-25(6)11-8-10-24(4,5)18(25)9-12-26(19,7)21-20(17)22(31-15(2)28)33-23(21)32-16(3)29/h17-23H,8-13H2,1-7H3/t17-,18-,19-,20-,21+,22-,23+,25+,26-/m1/s1. The van der Waals surface area contributed by atoms with Crippen LogP contribution in [0.3, 0.4) is 0 Å². The molecular formula is C26H40O7. The van der Waals surface area contributed by atoms with E-state index < -0.39 is 30.6 Å². The van der Waals surface area contributed by atoms with Crippen molar-refractivity contribution in [3.8, 4) is 0 Å². The van der Waals surface area contributed by atoms with Crippen LogP contribution in [0.4, 0.5) is 0 Å². The molecule has 3 saturated carbocycles. The lowest BCUT2D eigenvalue weighted by Gasteiger charge is -2.66. The number of ether oxygens (including phenoxy) is 4. The normalized spacial score (nSPS) is 45.7. The van der Waals surface area contributed by atoms with Crippen molar-refractivity contribution in [1.82, 2.24) is 0 Å². The quantitative estimate of drug-likeness (QED) is 0.445. The van der Waals surface area contributed by atoms with Gasteiger partial charge in [0, 0.05) is 26.7 Å². The fourth-order valence-corrected chi connectivity index (χ4v) is 8.70. The summed E-state index contributed by atoms with van der Waals surface area (Å²) in [6.07, 6.45) is 4.11. The van der Waals surface area contributed by atoms with Gasteiger partial charge in [0.2, 0.25) is 12.6 Å². The van der Waals surface area contributed by atoms with Crippen LogP contribution in [-0.2, 0) is 33.3 Å². The molecule has 1 aliphatic heterocycles. The molecule has 0 bridgehead atoms. The summed E-state index contributed by atoms with van der Waals surface area (Å²) in [6, 6.07) is 0. The lowest BCUT2D eigenvalue weighted by molar-refractivity contribution is -0.228. The molecule has 0 N–H and O–H groups in total. The molecular weight excluding hydrogens is 424 g/mol. The summed E-state index contributed by atoms with van der Waals surface area (Å²) < 4.78 is 23.2. The van der Waals surface area contributed by atoms with Crippen molar-refractivity contribution in [3.63, 3.8) is 0 Å². The van der Waals surface area contributed by atoms with E-state index in [-0.39, 0.29) is 40.0 Å². The highest BCUT2D eigenvalue weighted by atomic mass is 16.8. The maximum Gasteiger partial charge on any atom is 0.304 e. The third kappa shape index (κ3) is 3.98. The first kappa shape index (κ1) is 24.5. The number of carbonyl (C=O) groups excluding carboxylic acids is 3. The van der Waals surface area contributed by atoms with E-state index in [2.05, 4.69) is 27.7 Å². The van der Waals surface area contributed by atoms with Gasteiger partial charge < -0.3 is 18.9 Å². The summed E-state index contributed by atoms with van der Waals surface area (Å²) in [5.41, 5.74) is 0.136. The fraction of sp³-hybridized carbons (Fsp3) is 0.885. The minimum absolute atomic E-state index is 0.0818. The van der Waals surface area contributed by atoms with Crippen LogP contribution in [0.2, 0.25) is 0 Å². The van der Waals surface area contributed by atoms with Gasteiger partial charge in [-0.15, -0.1) is 0 Å². The Kier molecular flexibility index (Phi) is 6.12. The number of hydrogen-bond acceptors (Lipinski definition) is 7. The minimum Gasteiger partial charge on any atom is -0.462 e. The Morgan fingerprint density at radius 2 is 1.36 bits per heavy atom. The van der Waals surface area contributed by atoms with Gasteiger partial charge in [-0.05, 0) is 60.2 Å². The van der Waals surface area contributed by atoms with Gasteiger partial charge in [-0.25, -0.2) is 0 Å². The Morgan fingerprint density at radius 1 is 0.758 bits per heavy atom. The molecule has 0 aromatic carbocycles. The molecule has 9 atom stereocenters. The largest absolute Gasteiger partial charge is 0.462 e. The fourth-order valence-electron chi connectivity index (χ4n) is 8.70. The van der Waals surface area contributed by atoms with E-state index in [9.17, 15) is 14.4 Å². The molecule has 3 aliphatic carbocycles. The molecule has 4 aliphatic rings. The second kappa shape index (κ2) is 8.24. The maximum absolute atomic E-state index is 12.1. The molecule has 4 rings (SSSR count). The van der Waals surface area contributed by atoms with Crippen LogP contribution >= 0.6 is 0 Å². The first-order valence-corrected chi connectivity index (χ1v) is 12.5. The molecule has 1 heterocycles. The Bertz CT molecular complexity index is 821. The Labute approximate surface area is 197 Å². The van der Waals surface area contributed by atoms with Crippen molar-refractivity contribution < 1.29 is 33.3 Å². The van der Waals surface area contributed by atoms with Gasteiger partial charge in [-0.3, -0.25) is 14.4 Å². The zero-order valence-electron chi connectivity index (χ0n) is 21.1. The SMILES string of the molecule is CC(=O)O[C@@H]1O[C@H](OC(C)=O)[C@@H]2[C@H]1[C@H](OC(C)=O)C[C@H]1[C@@]2(C)CC[C@@H]2C(C)(C)CCC[C@]12C. The Balaban J connectivity index is 1.80. The van der Waals surface area contributed by atoms with Crippen LogP contribution in [0.25, 0.3) is 0 Å². The topological polar surface area (TPSA) is 88.1 Å². The van der Waals surface area contributed by atoms with Crippen LogP contribution in [0, 0.1) is 39.9 Å². The predicted molar refractivity (Wildman–Crippen MR) is 119 cm³/mol. The molecule has 0 aromatic heterocycles. The molecule has 7 heteroatoms. The van der Waals surface area contributed by atoms with E-state index in [0.717, 1.165) is 19.3 Å². The summed E-state index contributed by atoms with van der Waals surface area (Å²) in [4.78, 5) is 36.0. The van der Waals surface area contributed by atoms with Crippen molar-refractivity contribution >= 4 is 17.9 Å². The minimum atomic E-state index is -0.910. The summed E-state index contributed by atoms with van der Waals surface area (Å²) >= 11 is 0. The highest BCUT2D eigenvalue weighted by Gasteiger charge is 2.70. The highest BCUT2D eigenvalue weighted by molar-refractivity contribution is 5.67. The second-order valence-electron chi connectivity index (χ2n) is 12.1. The van der Waals surface area contributed by atoms with Crippen molar-refractivity contribution in [2.45, 2.75) is 106 Å². The first-order valence-electron chi connectivity index (χ1n) is 12.5. The van der Waals surface area contributed by atoms with Crippen molar-refractivity contribution in [2.75, 3.05) is 0 Å². The molecule has 0 radical (unpaired) electrons. The molecule has 4 fully saturated rings. The van der Waals surface area contributed by atoms with E-state index >= 15 is 0 Å². The molecule has 7 nitrogen and oxygen atoms in total. The molecule has 1 saturated heterocycles. The predicted octanol–water partition coefficient (Wildman–Crippen LogP) is 4.61. The molecule has 0 unspecified atom stereocenters. The number of rotatable bonds is 3. The molecule has 0 amide bonds. The van der Waals surface area contributed by atoms with Gasteiger partial charge in [-0.1, -0.05) is 34.1 Å². The van der Waals surface area contributed by atoms with Crippen LogP contribution in [0.15, 0.2) is 0 Å². The van der Waals surface area contributed by atoms with Gasteiger partial charge in [0.05, 0.1) is 5.92 Å². The summed E-state index contributed by atoms with van der Waals surface area (Å²) in [7, 11) is 0. The number of hydrogen-bond donors (Lipinski definition) is 0. The van der Waals surface area contributed by atoms with E-state index in [4.69, 9.17) is 18.9 Å². The van der Waals surface area contributed by atoms with Crippen LogP contribution in [0.1, 0.15) is 87.0 Å². The van der Waals surface area contributed by atoms with Gasteiger partial charge in [0.15, 0.2) is 0 Å². The summed E-state index contributed by atoms with van der Waals surface area (Å²) in [5.74, 6) is -1.02. The Hall–Kier alpha value is -1.63. The van der Waals surface area contributed by atoms with Gasteiger partial charge in [0.25, 0.3) is 0 Å². The maximum atomic E-state index is 12.1. The van der Waals surface area contributed by atoms with Crippen molar-refractivity contribution in [3.05, 3.63) is 0 Å². The molecule has 33 heavy (non-hydrogen) atoms. The van der Waals surface area contributed by atoms with Crippen molar-refractivity contribution in [2.24, 2.45) is 39.9 Å². The van der Waals surface area contributed by atoms with Crippen LogP contribution in [0.5, 0.6) is 0 Å². The zero-order chi connectivity index (χ0) is 24.3. The van der Waals surface area contributed by atoms with E-state index in [1.807, 2.05) is 0 Å². The lowest BCUT2D eigenvalue weighted by atomic mass is 9.38. The molecule has 186 valence electrons. The molecule has 0 aromatic rings. The average molecular weight is 465 g/mol. The van der Waals surface area contributed by atoms with E-state index in [0.29, 0.717) is 12.3 Å². The van der Waals surface area contributed by atoms with E-state index in [1.165, 1.54) is 33.6 Å². The average Bonchev–Trinajstić information content (AvgIpc) is 3.00. The van der Waals surface area contributed by atoms with Gasteiger partial charge >= 0.3 is 17.9 Å². The molecule has 0 spiro atoms. The smallest absolute Gasteiger partial charge is 0.304 e. The third-order valence-electron chi connectivity index (χ3n) is 9.67.